The number of fused-ring (bicyclic) bond motifs is 6. The van der Waals surface area contributed by atoms with E-state index in [0.717, 1.165) is 0 Å². The van der Waals surface area contributed by atoms with Crippen LogP contribution in [-0.4, -0.2) is 81.6 Å². The SMILES string of the molecule is Nc1ncnc2c1ncn2[C@@H]1C[C@@H]2CO[P@](=O)(S)O[C@@H]3[C@H](F)[C@@H](CO[PH](=O)OC[C@H]21)O[C@H]3n1cnc2c(=O)n3ccnc3[nH]c21. The van der Waals surface area contributed by atoms with Crippen molar-refractivity contribution in [1.29, 1.82) is 0 Å². The first kappa shape index (κ1) is 29.2. The molecule has 0 aromatic carbocycles. The average molecular weight is 683 g/mol. The molecule has 8 rings (SSSR count). The monoisotopic (exact) mass is 682 g/mol. The highest BCUT2D eigenvalue weighted by Gasteiger charge is 2.51. The van der Waals surface area contributed by atoms with E-state index in [1.807, 2.05) is 4.57 Å². The van der Waals surface area contributed by atoms with Crippen molar-refractivity contribution in [1.82, 2.24) is 43.4 Å². The number of nitrogen functional groups attached to an aromatic ring is 1. The molecule has 2 aliphatic heterocycles. The Labute approximate surface area is 257 Å². The molecule has 45 heavy (non-hydrogen) atoms. The number of halogens is 1. The van der Waals surface area contributed by atoms with Crippen LogP contribution in [0, 0.1) is 11.8 Å². The summed E-state index contributed by atoms with van der Waals surface area (Å²) in [4.78, 5) is 36.8. The lowest BCUT2D eigenvalue weighted by Gasteiger charge is -2.45. The fraction of sp³-hybridized carbons (Fsp3) is 0.478. The van der Waals surface area contributed by atoms with Crippen LogP contribution in [0.3, 0.4) is 0 Å². The fourth-order valence-electron chi connectivity index (χ4n) is 6.16. The van der Waals surface area contributed by atoms with Gasteiger partial charge < -0.3 is 33.6 Å². The molecular weight excluding hydrogens is 657 g/mol. The summed E-state index contributed by atoms with van der Waals surface area (Å²) in [5.41, 5.74) is 6.63. The van der Waals surface area contributed by atoms with Crippen molar-refractivity contribution < 1.29 is 36.4 Å². The largest absolute Gasteiger partial charge is 0.386 e. The zero-order valence-electron chi connectivity index (χ0n) is 23.0. The van der Waals surface area contributed by atoms with Gasteiger partial charge in [-0.15, -0.1) is 0 Å². The van der Waals surface area contributed by atoms with Crippen LogP contribution in [0.4, 0.5) is 10.2 Å². The number of nitrogens with zero attached hydrogens (tertiary/aromatic N) is 8. The van der Waals surface area contributed by atoms with Gasteiger partial charge in [-0.1, -0.05) is 12.2 Å². The molecule has 2 bridgehead atoms. The molecule has 1 aliphatic carbocycles. The van der Waals surface area contributed by atoms with Crippen molar-refractivity contribution in [2.24, 2.45) is 11.8 Å². The zero-order chi connectivity index (χ0) is 31.0. The van der Waals surface area contributed by atoms with Crippen molar-refractivity contribution in [3.8, 4) is 0 Å². The summed E-state index contributed by atoms with van der Waals surface area (Å²) in [6, 6.07) is -0.196. The molecule has 3 aliphatic rings. The number of H-pyrrole nitrogens is 1. The van der Waals surface area contributed by atoms with E-state index < -0.39 is 51.8 Å². The maximum Gasteiger partial charge on any atom is 0.386 e. The van der Waals surface area contributed by atoms with Crippen LogP contribution < -0.4 is 11.3 Å². The smallest absolute Gasteiger partial charge is 0.382 e. The number of hydrogen-bond donors (Lipinski definition) is 3. The molecule has 22 heteroatoms. The Balaban J connectivity index is 1.08. The third-order valence-electron chi connectivity index (χ3n) is 8.48. The third kappa shape index (κ3) is 4.91. The molecule has 0 radical (unpaired) electrons. The lowest BCUT2D eigenvalue weighted by Crippen LogP contribution is -2.43. The summed E-state index contributed by atoms with van der Waals surface area (Å²) in [5, 5.41) is 0. The lowest BCUT2D eigenvalue weighted by molar-refractivity contribution is -0.0436. The Bertz CT molecular complexity index is 2070. The van der Waals surface area contributed by atoms with Gasteiger partial charge in [0, 0.05) is 24.4 Å². The maximum absolute atomic E-state index is 15.9. The van der Waals surface area contributed by atoms with Gasteiger partial charge >= 0.3 is 15.1 Å². The number of aromatic nitrogens is 9. The minimum absolute atomic E-state index is 0.0130. The average Bonchev–Trinajstić information content (AvgIpc) is 3.79. The van der Waals surface area contributed by atoms with E-state index in [2.05, 4.69) is 42.2 Å². The molecule has 238 valence electrons. The molecule has 0 amide bonds. The molecule has 9 atom stereocenters. The van der Waals surface area contributed by atoms with Gasteiger partial charge in [-0.05, 0) is 12.3 Å². The minimum atomic E-state index is -4.19. The molecule has 1 unspecified atom stereocenters. The van der Waals surface area contributed by atoms with E-state index in [1.54, 1.807) is 6.33 Å². The normalized spacial score (nSPS) is 34.5. The Morgan fingerprint density at radius 1 is 1.09 bits per heavy atom. The Morgan fingerprint density at radius 3 is 2.76 bits per heavy atom. The van der Waals surface area contributed by atoms with Gasteiger partial charge in [0.1, 0.15) is 29.7 Å². The molecule has 0 spiro atoms. The van der Waals surface area contributed by atoms with Crippen LogP contribution in [0.25, 0.3) is 28.1 Å². The first-order chi connectivity index (χ1) is 21.7. The van der Waals surface area contributed by atoms with Gasteiger partial charge in [-0.2, -0.15) is 0 Å². The predicted octanol–water partition coefficient (Wildman–Crippen LogP) is 2.08. The highest BCUT2D eigenvalue weighted by atomic mass is 32.7. The summed E-state index contributed by atoms with van der Waals surface area (Å²) < 4.78 is 75.0. The third-order valence-corrected chi connectivity index (χ3v) is 10.9. The second kappa shape index (κ2) is 10.9. The Hall–Kier alpha value is -3.22. The van der Waals surface area contributed by atoms with Crippen LogP contribution in [-0.2, 0) is 32.0 Å². The highest BCUT2D eigenvalue weighted by Crippen LogP contribution is 2.59. The highest BCUT2D eigenvalue weighted by molar-refractivity contribution is 8.44. The quantitative estimate of drug-likeness (QED) is 0.179. The first-order valence-electron chi connectivity index (χ1n) is 13.8. The van der Waals surface area contributed by atoms with Crippen LogP contribution in [0.5, 0.6) is 0 Å². The number of alkyl halides is 1. The van der Waals surface area contributed by atoms with E-state index in [9.17, 15) is 13.9 Å². The van der Waals surface area contributed by atoms with Crippen LogP contribution in [0.2, 0.25) is 0 Å². The molecule has 1 saturated carbocycles. The van der Waals surface area contributed by atoms with Crippen LogP contribution in [0.15, 0.2) is 36.2 Å². The second-order valence-corrected chi connectivity index (χ2v) is 14.9. The lowest BCUT2D eigenvalue weighted by atomic mass is 9.70. The van der Waals surface area contributed by atoms with Gasteiger partial charge in [-0.3, -0.25) is 18.5 Å². The molecule has 18 nitrogen and oxygen atoms in total. The van der Waals surface area contributed by atoms with Crippen LogP contribution in [0.1, 0.15) is 18.7 Å². The fourth-order valence-corrected chi connectivity index (χ4v) is 8.37. The van der Waals surface area contributed by atoms with Crippen molar-refractivity contribution in [2.75, 3.05) is 25.6 Å². The number of nitrogens with one attached hydrogen (secondary N) is 1. The van der Waals surface area contributed by atoms with Crippen molar-refractivity contribution in [2.45, 2.75) is 37.1 Å². The van der Waals surface area contributed by atoms with E-state index in [-0.39, 0.29) is 53.9 Å². The van der Waals surface area contributed by atoms with Crippen molar-refractivity contribution in [3.05, 3.63) is 41.7 Å². The van der Waals surface area contributed by atoms with E-state index in [0.29, 0.717) is 17.6 Å². The number of aromatic amines is 1. The number of imidazole rings is 3. The number of thiol groups is 1. The summed E-state index contributed by atoms with van der Waals surface area (Å²) >= 11 is 4.16. The standard InChI is InChI=1S/C23H25FN10O8P2S/c24-14-13-6-39-43(36)38-5-11-10(3-12(11)33-8-29-15-18(25)27-7-28-19(15)33)4-40-44(37,45)42-17(14)22(41-13)34-9-30-16-20(34)31-23-26-1-2-32(23)21(16)35/h1-2,7-14,17,22,43H,3-6H2,(H,26,31)(H,37,45)(H2,25,27,28)/t10-,11-,12-,13-,14-,17-,22-,44+/m1/s1. The summed E-state index contributed by atoms with van der Waals surface area (Å²) in [6.07, 6.45) is 1.53. The molecule has 2 saturated heterocycles. The number of ether oxygens (including phenoxy) is 1. The number of rotatable bonds is 2. The van der Waals surface area contributed by atoms with E-state index >= 15 is 4.39 Å². The van der Waals surface area contributed by atoms with E-state index in [1.165, 1.54) is 34.0 Å². The first-order valence-corrected chi connectivity index (χ1v) is 17.7. The van der Waals surface area contributed by atoms with Gasteiger partial charge in [0.05, 0.1) is 32.5 Å². The van der Waals surface area contributed by atoms with Crippen molar-refractivity contribution >= 4 is 61.2 Å². The van der Waals surface area contributed by atoms with E-state index in [4.69, 9.17) is 28.6 Å². The van der Waals surface area contributed by atoms with Crippen LogP contribution >= 0.6 is 27.3 Å². The molecule has 3 N–H and O–H groups in total. The molecular formula is C23H25FN10O8P2S. The van der Waals surface area contributed by atoms with Gasteiger partial charge in [-0.25, -0.2) is 38.3 Å². The maximum atomic E-state index is 15.9. The molecule has 5 aromatic heterocycles. The predicted molar refractivity (Wildman–Crippen MR) is 157 cm³/mol. The van der Waals surface area contributed by atoms with Gasteiger partial charge in [0.25, 0.3) is 5.56 Å². The topological polar surface area (TPSA) is 218 Å². The summed E-state index contributed by atoms with van der Waals surface area (Å²) in [5.74, 6) is -0.0713. The summed E-state index contributed by atoms with van der Waals surface area (Å²) in [6.45, 7) is -4.77. The van der Waals surface area contributed by atoms with Gasteiger partial charge in [0.15, 0.2) is 29.4 Å². The van der Waals surface area contributed by atoms with Gasteiger partial charge in [0.2, 0.25) is 5.78 Å². The Kier molecular flexibility index (Phi) is 7.10. The molecule has 5 aromatic rings. The number of nitrogens with two attached hydrogens (primary N) is 1. The molecule has 3 fully saturated rings. The summed E-state index contributed by atoms with van der Waals surface area (Å²) in [7, 11) is -3.10. The molecule has 7 heterocycles. The zero-order valence-corrected chi connectivity index (χ0v) is 25.7. The number of hydrogen-bond acceptors (Lipinski definition) is 14. The van der Waals surface area contributed by atoms with Crippen molar-refractivity contribution in [3.63, 3.8) is 0 Å². The second-order valence-electron chi connectivity index (χ2n) is 10.9. The number of anilines is 1. The minimum Gasteiger partial charge on any atom is -0.382 e. The Morgan fingerprint density at radius 2 is 1.89 bits per heavy atom.